The second kappa shape index (κ2) is 5.63. The van der Waals surface area contributed by atoms with Crippen LogP contribution < -0.4 is 0 Å². The van der Waals surface area contributed by atoms with Gasteiger partial charge in [0.05, 0.1) is 6.10 Å². The number of rotatable bonds is 1. The summed E-state index contributed by atoms with van der Waals surface area (Å²) in [5, 5.41) is 21.3. The summed E-state index contributed by atoms with van der Waals surface area (Å²) >= 11 is 0. The summed E-state index contributed by atoms with van der Waals surface area (Å²) in [5.74, 6) is -0.895. The van der Waals surface area contributed by atoms with Gasteiger partial charge < -0.3 is 10.2 Å². The Labute approximate surface area is 158 Å². The van der Waals surface area contributed by atoms with Crippen LogP contribution in [0.15, 0.2) is 35.1 Å². The van der Waals surface area contributed by atoms with Gasteiger partial charge in [0, 0.05) is 11.3 Å². The van der Waals surface area contributed by atoms with Crippen LogP contribution in [0.1, 0.15) is 46.5 Å². The first kappa shape index (κ1) is 18.6. The highest BCUT2D eigenvalue weighted by atomic mass is 19.1. The van der Waals surface area contributed by atoms with Crippen LogP contribution in [0, 0.1) is 28.6 Å². The molecule has 0 heterocycles. The molecule has 4 aliphatic carbocycles. The van der Waals surface area contributed by atoms with Crippen molar-refractivity contribution in [3.8, 4) is 0 Å². The zero-order valence-corrected chi connectivity index (χ0v) is 16.0. The maximum atomic E-state index is 16.8. The monoisotopic (exact) mass is 374 g/mol. The van der Waals surface area contributed by atoms with E-state index in [1.165, 1.54) is 12.2 Å². The number of aldehydes is 1. The number of fused-ring (bicyclic) bond motifs is 5. The van der Waals surface area contributed by atoms with Crippen LogP contribution in [0.3, 0.4) is 0 Å². The third kappa shape index (κ3) is 2.12. The SMILES string of the molecule is C[C@@H]1C[C@H]2[C@@H]3CCC4=CC(=O)C=C[C@]4(C)[C@@]3(F)[C@@H](O)C[C@]2(C)/C1=C(\O)C=O. The first-order chi connectivity index (χ1) is 12.6. The first-order valence-corrected chi connectivity index (χ1v) is 9.79. The van der Waals surface area contributed by atoms with Crippen LogP contribution >= 0.6 is 0 Å². The van der Waals surface area contributed by atoms with Gasteiger partial charge in [0.15, 0.2) is 23.5 Å². The van der Waals surface area contributed by atoms with E-state index >= 15 is 4.39 Å². The molecule has 4 aliphatic rings. The van der Waals surface area contributed by atoms with E-state index in [2.05, 4.69) is 0 Å². The summed E-state index contributed by atoms with van der Waals surface area (Å²) in [4.78, 5) is 23.1. The van der Waals surface area contributed by atoms with Gasteiger partial charge >= 0.3 is 0 Å². The van der Waals surface area contributed by atoms with Crippen molar-refractivity contribution in [1.29, 1.82) is 0 Å². The number of aliphatic hydroxyl groups is 2. The van der Waals surface area contributed by atoms with E-state index in [9.17, 15) is 19.8 Å². The van der Waals surface area contributed by atoms with Crippen molar-refractivity contribution < 1.29 is 24.2 Å². The number of alkyl halides is 1. The van der Waals surface area contributed by atoms with Crippen LogP contribution in [0.2, 0.25) is 0 Å². The van der Waals surface area contributed by atoms with Crippen LogP contribution in [-0.2, 0) is 9.59 Å². The van der Waals surface area contributed by atoms with Crippen molar-refractivity contribution >= 4 is 12.1 Å². The van der Waals surface area contributed by atoms with E-state index in [1.807, 2.05) is 13.8 Å². The predicted molar refractivity (Wildman–Crippen MR) is 98.6 cm³/mol. The molecule has 4 rings (SSSR count). The molecule has 3 fully saturated rings. The molecule has 3 saturated carbocycles. The van der Waals surface area contributed by atoms with Gasteiger partial charge in [0.1, 0.15) is 0 Å². The molecule has 0 aromatic carbocycles. The number of carbonyl (C=O) groups is 2. The highest BCUT2D eigenvalue weighted by Gasteiger charge is 2.70. The van der Waals surface area contributed by atoms with Crippen molar-refractivity contribution in [2.24, 2.45) is 28.6 Å². The lowest BCUT2D eigenvalue weighted by Gasteiger charge is -2.61. The molecular weight excluding hydrogens is 347 g/mol. The van der Waals surface area contributed by atoms with Gasteiger partial charge in [-0.2, -0.15) is 0 Å². The van der Waals surface area contributed by atoms with Gasteiger partial charge in [0.25, 0.3) is 0 Å². The fraction of sp³-hybridized carbons (Fsp3) is 0.636. The summed E-state index contributed by atoms with van der Waals surface area (Å²) in [5.41, 5.74) is -2.06. The van der Waals surface area contributed by atoms with Gasteiger partial charge in [-0.15, -0.1) is 0 Å². The Bertz CT molecular complexity index is 811. The fourth-order valence-electron chi connectivity index (χ4n) is 6.97. The Morgan fingerprint density at radius 1 is 1.33 bits per heavy atom. The summed E-state index contributed by atoms with van der Waals surface area (Å²) in [6, 6.07) is 0. The van der Waals surface area contributed by atoms with Gasteiger partial charge in [-0.3, -0.25) is 9.59 Å². The van der Waals surface area contributed by atoms with E-state index in [-0.39, 0.29) is 29.8 Å². The third-order valence-corrected chi connectivity index (χ3v) is 8.13. The van der Waals surface area contributed by atoms with E-state index in [0.29, 0.717) is 31.1 Å². The summed E-state index contributed by atoms with van der Waals surface area (Å²) in [6.07, 6.45) is 5.82. The predicted octanol–water partition coefficient (Wildman–Crippen LogP) is 3.61. The number of aliphatic hydroxyl groups excluding tert-OH is 2. The van der Waals surface area contributed by atoms with Crippen molar-refractivity contribution in [3.05, 3.63) is 35.1 Å². The molecular formula is C22H27FO4. The lowest BCUT2D eigenvalue weighted by molar-refractivity contribution is -0.184. The zero-order valence-electron chi connectivity index (χ0n) is 16.0. The Balaban J connectivity index is 1.85. The molecule has 0 aliphatic heterocycles. The van der Waals surface area contributed by atoms with E-state index in [0.717, 1.165) is 5.57 Å². The topological polar surface area (TPSA) is 74.6 Å². The lowest BCUT2D eigenvalue weighted by Crippen LogP contribution is -2.66. The molecule has 0 saturated heterocycles. The van der Waals surface area contributed by atoms with Crippen LogP contribution in [-0.4, -0.2) is 34.1 Å². The fourth-order valence-corrected chi connectivity index (χ4v) is 6.97. The van der Waals surface area contributed by atoms with E-state index in [4.69, 9.17) is 0 Å². The number of halogens is 1. The number of hydrogen-bond donors (Lipinski definition) is 2. The van der Waals surface area contributed by atoms with Crippen molar-refractivity contribution in [2.75, 3.05) is 0 Å². The molecule has 7 atom stereocenters. The third-order valence-electron chi connectivity index (χ3n) is 8.13. The molecule has 0 aromatic heterocycles. The molecule has 5 heteroatoms. The van der Waals surface area contributed by atoms with Gasteiger partial charge in [-0.1, -0.05) is 25.5 Å². The van der Waals surface area contributed by atoms with E-state index in [1.54, 1.807) is 13.0 Å². The number of ketones is 1. The van der Waals surface area contributed by atoms with Crippen LogP contribution in [0.4, 0.5) is 4.39 Å². The van der Waals surface area contributed by atoms with Crippen molar-refractivity contribution in [2.45, 2.75) is 58.2 Å². The Morgan fingerprint density at radius 2 is 2.04 bits per heavy atom. The molecule has 0 radical (unpaired) electrons. The Hall–Kier alpha value is -1.75. The molecule has 2 N–H and O–H groups in total. The minimum absolute atomic E-state index is 0.0343. The maximum Gasteiger partial charge on any atom is 0.184 e. The highest BCUT2D eigenvalue weighted by molar-refractivity contribution is 6.01. The van der Waals surface area contributed by atoms with E-state index < -0.39 is 28.5 Å². The normalized spacial score (nSPS) is 50.4. The van der Waals surface area contributed by atoms with Crippen LogP contribution in [0.25, 0.3) is 0 Å². The molecule has 0 unspecified atom stereocenters. The minimum atomic E-state index is -1.87. The lowest BCUT2D eigenvalue weighted by atomic mass is 9.45. The Kier molecular flexibility index (Phi) is 3.88. The Morgan fingerprint density at radius 3 is 2.70 bits per heavy atom. The van der Waals surface area contributed by atoms with Gasteiger partial charge in [-0.05, 0) is 67.6 Å². The summed E-state index contributed by atoms with van der Waals surface area (Å²) < 4.78 is 16.8. The standard InChI is InChI=1S/C22H27FO4/c1-12-8-16-15-5-4-13-9-14(25)6-7-21(13,3)22(15,23)18(27)10-20(16,2)19(12)17(26)11-24/h6-7,9,11-12,15-16,18,26-27H,4-5,8,10H2,1-3H3/b19-17-/t12-,15+,16+,18+,20+,21+,22+/m1/s1. The summed E-state index contributed by atoms with van der Waals surface area (Å²) in [6.45, 7) is 5.70. The molecule has 0 spiro atoms. The minimum Gasteiger partial charge on any atom is -0.505 e. The average molecular weight is 374 g/mol. The molecule has 146 valence electrons. The quantitative estimate of drug-likeness (QED) is 0.418. The highest BCUT2D eigenvalue weighted by Crippen LogP contribution is 2.69. The number of hydrogen-bond acceptors (Lipinski definition) is 4. The average Bonchev–Trinajstić information content (AvgIpc) is 2.86. The first-order valence-electron chi connectivity index (χ1n) is 9.79. The molecule has 4 nitrogen and oxygen atoms in total. The second-order valence-corrected chi connectivity index (χ2v) is 9.32. The summed E-state index contributed by atoms with van der Waals surface area (Å²) in [7, 11) is 0. The van der Waals surface area contributed by atoms with Crippen molar-refractivity contribution in [3.63, 3.8) is 0 Å². The van der Waals surface area contributed by atoms with Crippen molar-refractivity contribution in [1.82, 2.24) is 0 Å². The number of allylic oxidation sites excluding steroid dienone is 6. The molecule has 0 bridgehead atoms. The molecule has 0 amide bonds. The molecule has 0 aromatic rings. The van der Waals surface area contributed by atoms with Gasteiger partial charge in [0.2, 0.25) is 0 Å². The van der Waals surface area contributed by atoms with Crippen LogP contribution in [0.5, 0.6) is 0 Å². The number of carbonyl (C=O) groups excluding carboxylic acids is 2. The maximum absolute atomic E-state index is 16.8. The second-order valence-electron chi connectivity index (χ2n) is 9.32. The largest absolute Gasteiger partial charge is 0.505 e. The smallest absolute Gasteiger partial charge is 0.184 e. The zero-order chi connectivity index (χ0) is 19.8. The molecule has 27 heavy (non-hydrogen) atoms. The van der Waals surface area contributed by atoms with Gasteiger partial charge in [-0.25, -0.2) is 4.39 Å².